The van der Waals surface area contributed by atoms with E-state index in [9.17, 15) is 8.78 Å². The standard InChI is InChI=1S/C33H41F3O/c1-3-5-7-9-11-13-23-37-31-22-21-29(32(35)33(31)36)28-20-19-27(24-30(28)34)26-17-15-25(16-18-26)14-12-10-8-6-4-2/h15-22,24H,3-14,23H2,1-2H3. The normalized spacial score (nSPS) is 11.2. The van der Waals surface area contributed by atoms with Gasteiger partial charge in [-0.1, -0.05) is 108 Å². The van der Waals surface area contributed by atoms with E-state index in [0.717, 1.165) is 31.2 Å². The number of hydrogen-bond acceptors (Lipinski definition) is 1. The maximum absolute atomic E-state index is 15.0. The molecule has 1 nitrogen and oxygen atoms in total. The highest BCUT2D eigenvalue weighted by Crippen LogP contribution is 2.33. The molecule has 0 saturated heterocycles. The van der Waals surface area contributed by atoms with Crippen LogP contribution in [0.3, 0.4) is 0 Å². The number of benzene rings is 3. The summed E-state index contributed by atoms with van der Waals surface area (Å²) in [5.41, 5.74) is 2.80. The Morgan fingerprint density at radius 2 is 1.16 bits per heavy atom. The fraction of sp³-hybridized carbons (Fsp3) is 0.455. The summed E-state index contributed by atoms with van der Waals surface area (Å²) in [5.74, 6) is -2.87. The summed E-state index contributed by atoms with van der Waals surface area (Å²) in [4.78, 5) is 0. The molecule has 0 aliphatic rings. The van der Waals surface area contributed by atoms with Crippen LogP contribution in [0, 0.1) is 17.5 Å². The van der Waals surface area contributed by atoms with E-state index >= 15 is 4.39 Å². The van der Waals surface area contributed by atoms with Crippen LogP contribution in [0.5, 0.6) is 5.75 Å². The van der Waals surface area contributed by atoms with Crippen LogP contribution in [0.4, 0.5) is 13.2 Å². The van der Waals surface area contributed by atoms with Gasteiger partial charge >= 0.3 is 0 Å². The van der Waals surface area contributed by atoms with Crippen LogP contribution in [-0.2, 0) is 6.42 Å². The van der Waals surface area contributed by atoms with Gasteiger partial charge in [-0.25, -0.2) is 8.78 Å². The molecule has 0 amide bonds. The van der Waals surface area contributed by atoms with Crippen molar-refractivity contribution in [2.24, 2.45) is 0 Å². The Labute approximate surface area is 221 Å². The van der Waals surface area contributed by atoms with Crippen LogP contribution in [0.1, 0.15) is 90.0 Å². The van der Waals surface area contributed by atoms with E-state index < -0.39 is 17.5 Å². The van der Waals surface area contributed by atoms with Crippen molar-refractivity contribution in [2.45, 2.75) is 90.9 Å². The van der Waals surface area contributed by atoms with Crippen LogP contribution in [0.15, 0.2) is 54.6 Å². The van der Waals surface area contributed by atoms with Crippen molar-refractivity contribution in [1.82, 2.24) is 0 Å². The van der Waals surface area contributed by atoms with Crippen molar-refractivity contribution >= 4 is 0 Å². The summed E-state index contributed by atoms with van der Waals surface area (Å²) >= 11 is 0. The Balaban J connectivity index is 1.61. The lowest BCUT2D eigenvalue weighted by Crippen LogP contribution is -2.02. The van der Waals surface area contributed by atoms with E-state index in [0.29, 0.717) is 12.2 Å². The SMILES string of the molecule is CCCCCCCCOc1ccc(-c2ccc(-c3ccc(CCCCCCC)cc3)cc2F)c(F)c1F. The second-order valence-electron chi connectivity index (χ2n) is 9.91. The van der Waals surface area contributed by atoms with E-state index in [1.807, 2.05) is 12.1 Å². The topological polar surface area (TPSA) is 9.23 Å². The van der Waals surface area contributed by atoms with Gasteiger partial charge in [0.15, 0.2) is 11.6 Å². The molecule has 0 aromatic heterocycles. The van der Waals surface area contributed by atoms with Crippen molar-refractivity contribution in [1.29, 1.82) is 0 Å². The first-order valence-corrected chi connectivity index (χ1v) is 14.0. The van der Waals surface area contributed by atoms with Gasteiger partial charge in [-0.3, -0.25) is 0 Å². The van der Waals surface area contributed by atoms with Gasteiger partial charge in [0.05, 0.1) is 6.61 Å². The maximum Gasteiger partial charge on any atom is 0.201 e. The van der Waals surface area contributed by atoms with Gasteiger partial charge in [-0.15, -0.1) is 0 Å². The first-order valence-electron chi connectivity index (χ1n) is 14.0. The predicted molar refractivity (Wildman–Crippen MR) is 149 cm³/mol. The van der Waals surface area contributed by atoms with E-state index in [4.69, 9.17) is 4.74 Å². The average Bonchev–Trinajstić information content (AvgIpc) is 2.91. The van der Waals surface area contributed by atoms with Gasteiger partial charge in [-0.05, 0) is 54.2 Å². The third-order valence-corrected chi connectivity index (χ3v) is 6.92. The smallest absolute Gasteiger partial charge is 0.201 e. The number of hydrogen-bond donors (Lipinski definition) is 0. The summed E-state index contributed by atoms with van der Waals surface area (Å²) in [6, 6.07) is 15.6. The Bertz CT molecular complexity index is 1090. The molecule has 0 saturated carbocycles. The molecule has 3 aromatic rings. The molecule has 0 radical (unpaired) electrons. The Kier molecular flexibility index (Phi) is 12.1. The molecule has 0 aliphatic heterocycles. The molecule has 0 bridgehead atoms. The van der Waals surface area contributed by atoms with E-state index in [2.05, 4.69) is 26.0 Å². The number of aryl methyl sites for hydroxylation is 1. The van der Waals surface area contributed by atoms with E-state index in [1.165, 1.54) is 81.2 Å². The third kappa shape index (κ3) is 8.66. The van der Waals surface area contributed by atoms with Crippen LogP contribution >= 0.6 is 0 Å². The van der Waals surface area contributed by atoms with Gasteiger partial charge in [0, 0.05) is 11.1 Å². The minimum Gasteiger partial charge on any atom is -0.490 e. The number of halogens is 3. The van der Waals surface area contributed by atoms with Crippen molar-refractivity contribution < 1.29 is 17.9 Å². The van der Waals surface area contributed by atoms with E-state index in [-0.39, 0.29) is 16.9 Å². The maximum atomic E-state index is 15.0. The second-order valence-corrected chi connectivity index (χ2v) is 9.91. The Morgan fingerprint density at radius 3 is 1.84 bits per heavy atom. The minimum absolute atomic E-state index is 0.0336. The number of unbranched alkanes of at least 4 members (excludes halogenated alkanes) is 9. The molecule has 200 valence electrons. The molecule has 0 aliphatic carbocycles. The van der Waals surface area contributed by atoms with Crippen LogP contribution in [0.25, 0.3) is 22.3 Å². The van der Waals surface area contributed by atoms with E-state index in [1.54, 1.807) is 6.07 Å². The summed E-state index contributed by atoms with van der Waals surface area (Å²) in [5, 5.41) is 0. The van der Waals surface area contributed by atoms with Gasteiger partial charge in [0.1, 0.15) is 5.82 Å². The lowest BCUT2D eigenvalue weighted by atomic mass is 9.97. The zero-order valence-corrected chi connectivity index (χ0v) is 22.4. The monoisotopic (exact) mass is 510 g/mol. The van der Waals surface area contributed by atoms with Gasteiger partial charge < -0.3 is 4.74 Å². The summed E-state index contributed by atoms with van der Waals surface area (Å²) in [6.07, 6.45) is 13.8. The molecule has 37 heavy (non-hydrogen) atoms. The Hall–Kier alpha value is -2.75. The minimum atomic E-state index is -1.09. The molecule has 0 N–H and O–H groups in total. The number of ether oxygens (including phenoxy) is 1. The molecule has 3 aromatic carbocycles. The lowest BCUT2D eigenvalue weighted by Gasteiger charge is -2.12. The quantitative estimate of drug-likeness (QED) is 0.174. The Morgan fingerprint density at radius 1 is 0.568 bits per heavy atom. The molecule has 0 fully saturated rings. The molecule has 0 heterocycles. The van der Waals surface area contributed by atoms with Crippen molar-refractivity contribution in [3.05, 3.63) is 77.6 Å². The van der Waals surface area contributed by atoms with Crippen LogP contribution < -0.4 is 4.74 Å². The fourth-order valence-corrected chi connectivity index (χ4v) is 4.63. The molecule has 4 heteroatoms. The van der Waals surface area contributed by atoms with Gasteiger partial charge in [0.25, 0.3) is 0 Å². The predicted octanol–water partition coefficient (Wildman–Crippen LogP) is 10.7. The van der Waals surface area contributed by atoms with Crippen molar-refractivity contribution in [3.63, 3.8) is 0 Å². The number of rotatable bonds is 16. The van der Waals surface area contributed by atoms with Gasteiger partial charge in [0.2, 0.25) is 5.82 Å². The lowest BCUT2D eigenvalue weighted by molar-refractivity contribution is 0.285. The van der Waals surface area contributed by atoms with Crippen LogP contribution in [-0.4, -0.2) is 6.61 Å². The summed E-state index contributed by atoms with van der Waals surface area (Å²) in [7, 11) is 0. The molecular formula is C33H41F3O. The summed E-state index contributed by atoms with van der Waals surface area (Å²) in [6.45, 7) is 4.72. The third-order valence-electron chi connectivity index (χ3n) is 6.92. The first kappa shape index (κ1) is 28.8. The molecule has 0 spiro atoms. The van der Waals surface area contributed by atoms with Crippen molar-refractivity contribution in [3.8, 4) is 28.0 Å². The average molecular weight is 511 g/mol. The molecular weight excluding hydrogens is 469 g/mol. The molecule has 0 atom stereocenters. The second kappa shape index (κ2) is 15.5. The summed E-state index contributed by atoms with van der Waals surface area (Å²) < 4.78 is 50.0. The van der Waals surface area contributed by atoms with Gasteiger partial charge in [-0.2, -0.15) is 4.39 Å². The molecule has 0 unspecified atom stereocenters. The highest BCUT2D eigenvalue weighted by molar-refractivity contribution is 5.72. The largest absolute Gasteiger partial charge is 0.490 e. The zero-order chi connectivity index (χ0) is 26.5. The molecule has 3 rings (SSSR count). The highest BCUT2D eigenvalue weighted by atomic mass is 19.2. The zero-order valence-electron chi connectivity index (χ0n) is 22.4. The first-order chi connectivity index (χ1) is 18.0. The van der Waals surface area contributed by atoms with Crippen molar-refractivity contribution in [2.75, 3.05) is 6.61 Å². The van der Waals surface area contributed by atoms with Crippen LogP contribution in [0.2, 0.25) is 0 Å². The highest BCUT2D eigenvalue weighted by Gasteiger charge is 2.18. The fourth-order valence-electron chi connectivity index (χ4n) is 4.63.